The van der Waals surface area contributed by atoms with Crippen LogP contribution >= 0.6 is 0 Å². The van der Waals surface area contributed by atoms with Gasteiger partial charge in [0, 0.05) is 5.41 Å². The highest BCUT2D eigenvalue weighted by Gasteiger charge is 2.43. The van der Waals surface area contributed by atoms with E-state index in [1.54, 1.807) is 0 Å². The second-order valence-electron chi connectivity index (χ2n) is 6.22. The first-order valence-electron chi connectivity index (χ1n) is 7.52. The second-order valence-corrected chi connectivity index (χ2v) is 6.22. The van der Waals surface area contributed by atoms with Gasteiger partial charge in [-0.25, -0.2) is 0 Å². The molecule has 1 fully saturated rings. The highest BCUT2D eigenvalue weighted by Crippen LogP contribution is 2.56. The van der Waals surface area contributed by atoms with Crippen molar-refractivity contribution in [1.82, 2.24) is 0 Å². The smallest absolute Gasteiger partial charge is 0.0554 e. The Morgan fingerprint density at radius 2 is 1.45 bits per heavy atom. The Morgan fingerprint density at radius 3 is 2.25 bits per heavy atom. The molecule has 0 aromatic heterocycles. The molecule has 1 spiro atoms. The van der Waals surface area contributed by atoms with E-state index in [0.29, 0.717) is 5.69 Å². The lowest BCUT2D eigenvalue weighted by atomic mass is 9.68. The standard InChI is InChI=1S/C18H20N2/c19-16-10-13-12-6-2-3-7-14(12)18(8-4-1-5-9-18)15(13)11-17(16)20/h2-3,6-7,10-11H,1,4-5,8-9,19-20H2. The Hall–Kier alpha value is -1.96. The van der Waals surface area contributed by atoms with Crippen molar-refractivity contribution in [3.8, 4) is 11.1 Å². The number of fused-ring (bicyclic) bond motifs is 5. The molecule has 20 heavy (non-hydrogen) atoms. The summed E-state index contributed by atoms with van der Waals surface area (Å²) in [5.41, 5.74) is 19.3. The summed E-state index contributed by atoms with van der Waals surface area (Å²) in [5.74, 6) is 0. The van der Waals surface area contributed by atoms with E-state index < -0.39 is 0 Å². The number of benzene rings is 2. The normalized spacial score (nSPS) is 18.8. The van der Waals surface area contributed by atoms with Crippen LogP contribution in [0.1, 0.15) is 43.2 Å². The predicted octanol–water partition coefficient (Wildman–Crippen LogP) is 4.08. The van der Waals surface area contributed by atoms with Crippen LogP contribution in [-0.2, 0) is 5.41 Å². The van der Waals surface area contributed by atoms with Gasteiger partial charge in [-0.05, 0) is 47.2 Å². The van der Waals surface area contributed by atoms with E-state index in [9.17, 15) is 0 Å². The van der Waals surface area contributed by atoms with Crippen molar-refractivity contribution in [3.05, 3.63) is 47.5 Å². The minimum atomic E-state index is 0.187. The second kappa shape index (κ2) is 4.02. The highest BCUT2D eigenvalue weighted by molar-refractivity contribution is 5.86. The molecule has 2 nitrogen and oxygen atoms in total. The summed E-state index contributed by atoms with van der Waals surface area (Å²) in [5, 5.41) is 0. The maximum Gasteiger partial charge on any atom is 0.0554 e. The van der Waals surface area contributed by atoms with Gasteiger partial charge < -0.3 is 11.5 Å². The average molecular weight is 264 g/mol. The van der Waals surface area contributed by atoms with Gasteiger partial charge in [-0.2, -0.15) is 0 Å². The maximum absolute atomic E-state index is 6.09. The fourth-order valence-electron chi connectivity index (χ4n) is 4.23. The molecule has 0 heterocycles. The molecular weight excluding hydrogens is 244 g/mol. The first-order chi connectivity index (χ1) is 9.72. The van der Waals surface area contributed by atoms with E-state index in [-0.39, 0.29) is 5.41 Å². The number of hydrogen-bond acceptors (Lipinski definition) is 2. The van der Waals surface area contributed by atoms with E-state index in [1.165, 1.54) is 54.4 Å². The van der Waals surface area contributed by atoms with Gasteiger partial charge >= 0.3 is 0 Å². The minimum Gasteiger partial charge on any atom is -0.397 e. The summed E-state index contributed by atoms with van der Waals surface area (Å²) in [6, 6.07) is 13.0. The summed E-state index contributed by atoms with van der Waals surface area (Å²) < 4.78 is 0. The molecule has 0 saturated heterocycles. The van der Waals surface area contributed by atoms with Crippen molar-refractivity contribution in [2.24, 2.45) is 0 Å². The number of nitrogens with two attached hydrogens (primary N) is 2. The first-order valence-corrected chi connectivity index (χ1v) is 7.52. The van der Waals surface area contributed by atoms with Crippen LogP contribution in [0.25, 0.3) is 11.1 Å². The largest absolute Gasteiger partial charge is 0.397 e. The van der Waals surface area contributed by atoms with Gasteiger partial charge in [0.2, 0.25) is 0 Å². The Bertz CT molecular complexity index is 682. The molecule has 2 aliphatic carbocycles. The van der Waals surface area contributed by atoms with Crippen molar-refractivity contribution in [3.63, 3.8) is 0 Å². The van der Waals surface area contributed by atoms with Crippen LogP contribution in [0.15, 0.2) is 36.4 Å². The zero-order valence-corrected chi connectivity index (χ0v) is 11.7. The van der Waals surface area contributed by atoms with E-state index in [2.05, 4.69) is 36.4 Å². The molecule has 0 aliphatic heterocycles. The van der Waals surface area contributed by atoms with E-state index >= 15 is 0 Å². The van der Waals surface area contributed by atoms with Gasteiger partial charge in [0.05, 0.1) is 11.4 Å². The molecule has 0 unspecified atom stereocenters. The number of anilines is 2. The molecule has 4 N–H and O–H groups in total. The molecule has 0 amide bonds. The van der Waals surface area contributed by atoms with Crippen molar-refractivity contribution >= 4 is 11.4 Å². The lowest BCUT2D eigenvalue weighted by molar-refractivity contribution is 0.353. The Kier molecular flexibility index (Phi) is 2.38. The molecule has 0 atom stereocenters. The SMILES string of the molecule is Nc1cc2c(cc1N)C1(CCCCC1)c1ccccc1-2. The van der Waals surface area contributed by atoms with Crippen molar-refractivity contribution in [2.75, 3.05) is 11.5 Å². The maximum atomic E-state index is 6.09. The van der Waals surface area contributed by atoms with E-state index in [0.717, 1.165) is 5.69 Å². The fraction of sp³-hybridized carbons (Fsp3) is 0.333. The highest BCUT2D eigenvalue weighted by atomic mass is 14.7. The van der Waals surface area contributed by atoms with E-state index in [1.807, 2.05) is 0 Å². The third kappa shape index (κ3) is 1.39. The molecule has 0 bridgehead atoms. The molecule has 2 heteroatoms. The van der Waals surface area contributed by atoms with E-state index in [4.69, 9.17) is 11.5 Å². The average Bonchev–Trinajstić information content (AvgIpc) is 2.72. The fourth-order valence-corrected chi connectivity index (χ4v) is 4.23. The third-order valence-corrected chi connectivity index (χ3v) is 5.18. The summed E-state index contributed by atoms with van der Waals surface area (Å²) in [7, 11) is 0. The number of nitrogen functional groups attached to an aromatic ring is 2. The van der Waals surface area contributed by atoms with Crippen molar-refractivity contribution < 1.29 is 0 Å². The predicted molar refractivity (Wildman–Crippen MR) is 84.6 cm³/mol. The number of rotatable bonds is 0. The topological polar surface area (TPSA) is 52.0 Å². The van der Waals surface area contributed by atoms with Crippen LogP contribution in [0.5, 0.6) is 0 Å². The Morgan fingerprint density at radius 1 is 0.750 bits per heavy atom. The molecule has 2 aromatic carbocycles. The lowest BCUT2D eigenvalue weighted by Crippen LogP contribution is -2.28. The molecule has 1 saturated carbocycles. The molecule has 0 radical (unpaired) electrons. The Labute approximate surface area is 119 Å². The summed E-state index contributed by atoms with van der Waals surface area (Å²) in [4.78, 5) is 0. The van der Waals surface area contributed by atoms with Crippen LogP contribution in [-0.4, -0.2) is 0 Å². The molecule has 102 valence electrons. The van der Waals surface area contributed by atoms with Crippen molar-refractivity contribution in [2.45, 2.75) is 37.5 Å². The molecular formula is C18H20N2. The van der Waals surface area contributed by atoms with Gasteiger partial charge in [-0.1, -0.05) is 43.5 Å². The zero-order valence-electron chi connectivity index (χ0n) is 11.7. The zero-order chi connectivity index (χ0) is 13.7. The monoisotopic (exact) mass is 264 g/mol. The van der Waals surface area contributed by atoms with Crippen LogP contribution < -0.4 is 11.5 Å². The molecule has 4 rings (SSSR count). The van der Waals surface area contributed by atoms with Gasteiger partial charge in [0.25, 0.3) is 0 Å². The molecule has 2 aromatic rings. The van der Waals surface area contributed by atoms with Crippen LogP contribution in [0, 0.1) is 0 Å². The minimum absolute atomic E-state index is 0.187. The van der Waals surface area contributed by atoms with Crippen LogP contribution in [0.4, 0.5) is 11.4 Å². The summed E-state index contributed by atoms with van der Waals surface area (Å²) in [6.07, 6.45) is 6.43. The lowest BCUT2D eigenvalue weighted by Gasteiger charge is -2.36. The first kappa shape index (κ1) is 11.8. The summed E-state index contributed by atoms with van der Waals surface area (Å²) >= 11 is 0. The number of hydrogen-bond donors (Lipinski definition) is 2. The van der Waals surface area contributed by atoms with Crippen LogP contribution in [0.2, 0.25) is 0 Å². The summed E-state index contributed by atoms with van der Waals surface area (Å²) in [6.45, 7) is 0. The third-order valence-electron chi connectivity index (χ3n) is 5.18. The van der Waals surface area contributed by atoms with Gasteiger partial charge in [-0.3, -0.25) is 0 Å². The van der Waals surface area contributed by atoms with Gasteiger partial charge in [0.1, 0.15) is 0 Å². The van der Waals surface area contributed by atoms with Crippen LogP contribution in [0.3, 0.4) is 0 Å². The van der Waals surface area contributed by atoms with Gasteiger partial charge in [-0.15, -0.1) is 0 Å². The Balaban J connectivity index is 2.04. The quantitative estimate of drug-likeness (QED) is 0.704. The molecule has 2 aliphatic rings. The van der Waals surface area contributed by atoms with Crippen molar-refractivity contribution in [1.29, 1.82) is 0 Å². The van der Waals surface area contributed by atoms with Gasteiger partial charge in [0.15, 0.2) is 0 Å².